The van der Waals surface area contributed by atoms with Crippen LogP contribution in [0.15, 0.2) is 87.7 Å². The monoisotopic (exact) mass is 399 g/mol. The van der Waals surface area contributed by atoms with Crippen LogP contribution < -0.4 is 4.72 Å². The van der Waals surface area contributed by atoms with Gasteiger partial charge in [0.25, 0.3) is 0 Å². The summed E-state index contributed by atoms with van der Waals surface area (Å²) < 4.78 is 33.9. The van der Waals surface area contributed by atoms with Gasteiger partial charge in [-0.15, -0.1) is 11.3 Å². The quantitative estimate of drug-likeness (QED) is 0.518. The summed E-state index contributed by atoms with van der Waals surface area (Å²) in [4.78, 5) is 0.770. The third-order valence-electron chi connectivity index (χ3n) is 4.41. The Morgan fingerprint density at radius 1 is 1.00 bits per heavy atom. The molecular weight excluding hydrogens is 382 g/mol. The molecule has 4 rings (SSSR count). The molecule has 2 aromatic heterocycles. The first-order chi connectivity index (χ1) is 13.0. The van der Waals surface area contributed by atoms with Gasteiger partial charge < -0.3 is 9.52 Å². The van der Waals surface area contributed by atoms with Crippen molar-refractivity contribution in [3.8, 4) is 0 Å². The molecule has 0 aliphatic rings. The van der Waals surface area contributed by atoms with E-state index >= 15 is 0 Å². The molecule has 0 radical (unpaired) electrons. The Kier molecular flexibility index (Phi) is 4.61. The standard InChI is InChI=1S/C20H17NO4S2/c22-20(18-10-4-12-25-18,19-11-5-13-26-19)14-21-27(23,24)17-9-3-7-15-6-1-2-8-16(15)17/h1-13,21-22H,14H2. The van der Waals surface area contributed by atoms with Crippen LogP contribution in [-0.4, -0.2) is 20.1 Å². The lowest BCUT2D eigenvalue weighted by Crippen LogP contribution is -2.41. The Labute approximate surface area is 160 Å². The molecule has 2 N–H and O–H groups in total. The maximum absolute atomic E-state index is 13.0. The van der Waals surface area contributed by atoms with E-state index in [1.165, 1.54) is 17.6 Å². The predicted octanol–water partition coefficient (Wildman–Crippen LogP) is 3.71. The number of rotatable bonds is 6. The van der Waals surface area contributed by atoms with Gasteiger partial charge in [-0.2, -0.15) is 0 Å². The maximum Gasteiger partial charge on any atom is 0.241 e. The largest absolute Gasteiger partial charge is 0.466 e. The van der Waals surface area contributed by atoms with Crippen molar-refractivity contribution in [1.82, 2.24) is 4.72 Å². The first-order valence-electron chi connectivity index (χ1n) is 8.28. The third kappa shape index (κ3) is 3.30. The van der Waals surface area contributed by atoms with Crippen LogP contribution in [0.3, 0.4) is 0 Å². The fourth-order valence-electron chi connectivity index (χ4n) is 3.03. The Bertz CT molecular complexity index is 1110. The minimum absolute atomic E-state index is 0.175. The molecule has 2 heterocycles. The second kappa shape index (κ2) is 6.94. The van der Waals surface area contributed by atoms with Gasteiger partial charge in [0.05, 0.1) is 17.7 Å². The molecule has 0 aliphatic heterocycles. The molecule has 0 saturated carbocycles. The summed E-state index contributed by atoms with van der Waals surface area (Å²) in [6.45, 7) is -0.243. The second-order valence-corrected chi connectivity index (χ2v) is 8.80. The van der Waals surface area contributed by atoms with Crippen LogP contribution in [0.5, 0.6) is 0 Å². The maximum atomic E-state index is 13.0. The van der Waals surface area contributed by atoms with Crippen molar-refractivity contribution in [2.24, 2.45) is 0 Å². The SMILES string of the molecule is O=S(=O)(NCC(O)(c1ccco1)c1cccs1)c1cccc2ccccc12. The molecule has 7 heteroatoms. The van der Waals surface area contributed by atoms with Crippen molar-refractivity contribution in [2.75, 3.05) is 6.54 Å². The summed E-state index contributed by atoms with van der Waals surface area (Å²) in [5, 5.41) is 14.5. The number of fused-ring (bicyclic) bond motifs is 1. The number of hydrogen-bond donors (Lipinski definition) is 2. The fourth-order valence-corrected chi connectivity index (χ4v) is 5.15. The molecule has 0 bridgehead atoms. The van der Waals surface area contributed by atoms with Crippen molar-refractivity contribution < 1.29 is 17.9 Å². The molecule has 0 saturated heterocycles. The Morgan fingerprint density at radius 3 is 2.56 bits per heavy atom. The van der Waals surface area contributed by atoms with Gasteiger partial charge in [-0.05, 0) is 35.0 Å². The van der Waals surface area contributed by atoms with Crippen LogP contribution in [0.25, 0.3) is 10.8 Å². The average molecular weight is 399 g/mol. The van der Waals surface area contributed by atoms with E-state index in [4.69, 9.17) is 4.42 Å². The number of sulfonamides is 1. The fraction of sp³-hybridized carbons (Fsp3) is 0.100. The van der Waals surface area contributed by atoms with Gasteiger partial charge >= 0.3 is 0 Å². The smallest absolute Gasteiger partial charge is 0.241 e. The Morgan fingerprint density at radius 2 is 1.81 bits per heavy atom. The number of aliphatic hydroxyl groups is 1. The minimum atomic E-state index is -3.85. The van der Waals surface area contributed by atoms with E-state index in [1.54, 1.807) is 48.5 Å². The van der Waals surface area contributed by atoms with Gasteiger partial charge in [-0.25, -0.2) is 13.1 Å². The van der Waals surface area contributed by atoms with Gasteiger partial charge in [0.2, 0.25) is 10.0 Å². The Balaban J connectivity index is 1.70. The summed E-state index contributed by atoms with van der Waals surface area (Å²) in [5.41, 5.74) is -1.59. The van der Waals surface area contributed by atoms with Gasteiger partial charge in [0.15, 0.2) is 5.60 Å². The highest BCUT2D eigenvalue weighted by molar-refractivity contribution is 7.89. The van der Waals surface area contributed by atoms with E-state index in [0.29, 0.717) is 10.3 Å². The van der Waals surface area contributed by atoms with Crippen molar-refractivity contribution in [2.45, 2.75) is 10.5 Å². The molecule has 0 fully saturated rings. The molecule has 1 atom stereocenters. The summed E-state index contributed by atoms with van der Waals surface area (Å²) in [6.07, 6.45) is 1.45. The molecule has 0 aliphatic carbocycles. The van der Waals surface area contributed by atoms with E-state index in [9.17, 15) is 13.5 Å². The van der Waals surface area contributed by atoms with Crippen molar-refractivity contribution in [3.05, 3.63) is 89.0 Å². The highest BCUT2D eigenvalue weighted by Gasteiger charge is 2.37. The highest BCUT2D eigenvalue weighted by atomic mass is 32.2. The number of thiophene rings is 1. The first-order valence-corrected chi connectivity index (χ1v) is 10.6. The van der Waals surface area contributed by atoms with E-state index in [-0.39, 0.29) is 17.2 Å². The van der Waals surface area contributed by atoms with Crippen molar-refractivity contribution in [1.29, 1.82) is 0 Å². The summed E-state index contributed by atoms with van der Waals surface area (Å²) in [7, 11) is -3.85. The van der Waals surface area contributed by atoms with Crippen molar-refractivity contribution in [3.63, 3.8) is 0 Å². The number of benzene rings is 2. The van der Waals surface area contributed by atoms with Crippen molar-refractivity contribution >= 4 is 32.1 Å². The van der Waals surface area contributed by atoms with Crippen LogP contribution in [0.1, 0.15) is 10.6 Å². The van der Waals surface area contributed by atoms with Gasteiger partial charge in [-0.1, -0.05) is 42.5 Å². The molecular formula is C20H17NO4S2. The van der Waals surface area contributed by atoms with Crippen LogP contribution in [0.4, 0.5) is 0 Å². The first kappa shape index (κ1) is 17.9. The van der Waals surface area contributed by atoms with Crippen LogP contribution in [-0.2, 0) is 15.6 Å². The molecule has 0 spiro atoms. The highest BCUT2D eigenvalue weighted by Crippen LogP contribution is 2.33. The van der Waals surface area contributed by atoms with Gasteiger partial charge in [0.1, 0.15) is 5.76 Å². The van der Waals surface area contributed by atoms with E-state index in [2.05, 4.69) is 4.72 Å². The van der Waals surface area contributed by atoms with Crippen LogP contribution >= 0.6 is 11.3 Å². The normalized spacial score (nSPS) is 14.3. The second-order valence-electron chi connectivity index (χ2n) is 6.12. The average Bonchev–Trinajstić information content (AvgIpc) is 3.40. The molecule has 0 amide bonds. The van der Waals surface area contributed by atoms with Crippen LogP contribution in [0.2, 0.25) is 0 Å². The summed E-state index contributed by atoms with van der Waals surface area (Å²) in [6, 6.07) is 19.2. The number of nitrogens with one attached hydrogen (secondary N) is 1. The molecule has 4 aromatic rings. The van der Waals surface area contributed by atoms with Gasteiger partial charge in [0, 0.05) is 10.3 Å². The number of furan rings is 1. The topological polar surface area (TPSA) is 79.5 Å². The Hall–Kier alpha value is -2.45. The van der Waals surface area contributed by atoms with Gasteiger partial charge in [-0.3, -0.25) is 0 Å². The zero-order valence-electron chi connectivity index (χ0n) is 14.2. The molecule has 138 valence electrons. The van der Waals surface area contributed by atoms with E-state index in [0.717, 1.165) is 5.39 Å². The molecule has 27 heavy (non-hydrogen) atoms. The summed E-state index contributed by atoms with van der Waals surface area (Å²) in [5.74, 6) is 0.283. The zero-order valence-corrected chi connectivity index (χ0v) is 15.8. The molecule has 2 aromatic carbocycles. The molecule has 5 nitrogen and oxygen atoms in total. The lowest BCUT2D eigenvalue weighted by Gasteiger charge is -2.25. The van der Waals surface area contributed by atoms with E-state index < -0.39 is 15.6 Å². The van der Waals surface area contributed by atoms with Crippen LogP contribution in [0, 0.1) is 0 Å². The zero-order chi connectivity index (χ0) is 18.9. The lowest BCUT2D eigenvalue weighted by atomic mass is 9.99. The summed E-state index contributed by atoms with van der Waals surface area (Å²) >= 11 is 1.33. The number of hydrogen-bond acceptors (Lipinski definition) is 5. The molecule has 1 unspecified atom stereocenters. The predicted molar refractivity (Wildman–Crippen MR) is 105 cm³/mol. The minimum Gasteiger partial charge on any atom is -0.466 e. The lowest BCUT2D eigenvalue weighted by molar-refractivity contribution is 0.0655. The third-order valence-corrected chi connectivity index (χ3v) is 6.90. The van der Waals surface area contributed by atoms with E-state index in [1.807, 2.05) is 23.6 Å².